The monoisotopic (exact) mass is 516 g/mol. The molecule has 6 nitrogen and oxygen atoms in total. The van der Waals surface area contributed by atoms with Crippen molar-refractivity contribution in [2.45, 2.75) is 32.2 Å². The number of nitrogens with one attached hydrogen (secondary N) is 2. The lowest BCUT2D eigenvalue weighted by Crippen LogP contribution is -2.43. The van der Waals surface area contributed by atoms with Crippen molar-refractivity contribution in [1.82, 2.24) is 15.5 Å². The third-order valence-corrected chi connectivity index (χ3v) is 5.61. The molecule has 2 N–H and O–H groups in total. The molecule has 1 fully saturated rings. The molecule has 3 rings (SSSR count). The van der Waals surface area contributed by atoms with E-state index < -0.39 is 0 Å². The maximum atomic E-state index is 5.82. The Labute approximate surface area is 192 Å². The van der Waals surface area contributed by atoms with Crippen molar-refractivity contribution in [1.29, 1.82) is 0 Å². The maximum absolute atomic E-state index is 5.82. The molecule has 0 radical (unpaired) electrons. The number of fused-ring (bicyclic) bond motifs is 1. The Kier molecular flexibility index (Phi) is 11.9. The first-order valence-electron chi connectivity index (χ1n) is 10.7. The average Bonchev–Trinajstić information content (AvgIpc) is 2.75. The molecule has 1 aromatic carbocycles. The van der Waals surface area contributed by atoms with Gasteiger partial charge in [0.15, 0.2) is 5.96 Å². The van der Waals surface area contributed by atoms with E-state index in [1.807, 2.05) is 7.05 Å². The molecule has 2 heterocycles. The Balaban J connectivity index is 0.00000300. The molecule has 0 amide bonds. The zero-order chi connectivity index (χ0) is 19.4. The van der Waals surface area contributed by atoms with Gasteiger partial charge in [0, 0.05) is 66.2 Å². The van der Waals surface area contributed by atoms with Gasteiger partial charge in [0.05, 0.1) is 0 Å². The highest BCUT2D eigenvalue weighted by molar-refractivity contribution is 14.0. The van der Waals surface area contributed by atoms with E-state index in [-0.39, 0.29) is 24.0 Å². The highest BCUT2D eigenvalue weighted by atomic mass is 127. The zero-order valence-electron chi connectivity index (χ0n) is 17.7. The zero-order valence-corrected chi connectivity index (χ0v) is 20.0. The quantitative estimate of drug-likeness (QED) is 0.229. The van der Waals surface area contributed by atoms with Crippen LogP contribution in [0.15, 0.2) is 29.3 Å². The summed E-state index contributed by atoms with van der Waals surface area (Å²) in [6.45, 7) is 8.45. The highest BCUT2D eigenvalue weighted by Gasteiger charge is 2.15. The van der Waals surface area contributed by atoms with Crippen molar-refractivity contribution in [3.05, 3.63) is 35.4 Å². The first-order chi connectivity index (χ1) is 13.8. The molecule has 1 aromatic rings. The van der Waals surface area contributed by atoms with Crippen LogP contribution in [0, 0.1) is 5.92 Å². The number of halogens is 1. The standard InChI is InChI=1S/C22H36N4O2.HI/c1-23-22(24-10-4-14-28-18-19-8-15-27-16-9-19)25-11-13-26-12-7-20-5-2-3-6-21(20)17-26;/h2-3,5-6,19H,4,7-18H2,1H3,(H2,23,24,25);1H. The molecule has 0 aliphatic carbocycles. The van der Waals surface area contributed by atoms with Crippen LogP contribution in [-0.4, -0.2) is 70.5 Å². The molecule has 2 aliphatic rings. The number of hydrogen-bond donors (Lipinski definition) is 2. The van der Waals surface area contributed by atoms with Gasteiger partial charge in [-0.1, -0.05) is 24.3 Å². The third-order valence-electron chi connectivity index (χ3n) is 5.61. The topological polar surface area (TPSA) is 58.1 Å². The lowest BCUT2D eigenvalue weighted by atomic mass is 10.00. The minimum atomic E-state index is 0. The van der Waals surface area contributed by atoms with Crippen molar-refractivity contribution in [2.24, 2.45) is 10.9 Å². The highest BCUT2D eigenvalue weighted by Crippen LogP contribution is 2.17. The number of guanidine groups is 1. The summed E-state index contributed by atoms with van der Waals surface area (Å²) in [6.07, 6.45) is 4.42. The van der Waals surface area contributed by atoms with E-state index >= 15 is 0 Å². The Morgan fingerprint density at radius 2 is 1.93 bits per heavy atom. The Hall–Kier alpha value is -0.900. The SMILES string of the molecule is CN=C(NCCCOCC1CCOCC1)NCCN1CCc2ccccc2C1.I. The van der Waals surface area contributed by atoms with E-state index in [4.69, 9.17) is 9.47 Å². The number of ether oxygens (including phenoxy) is 2. The summed E-state index contributed by atoms with van der Waals surface area (Å²) in [5.41, 5.74) is 2.97. The van der Waals surface area contributed by atoms with E-state index in [0.29, 0.717) is 5.92 Å². The molecular weight excluding hydrogens is 479 g/mol. The Morgan fingerprint density at radius 3 is 2.72 bits per heavy atom. The molecule has 0 spiro atoms. The smallest absolute Gasteiger partial charge is 0.191 e. The second-order valence-corrected chi connectivity index (χ2v) is 7.70. The molecule has 0 bridgehead atoms. The molecule has 1 saturated heterocycles. The van der Waals surface area contributed by atoms with Crippen LogP contribution in [0.1, 0.15) is 30.4 Å². The van der Waals surface area contributed by atoms with Crippen LogP contribution in [0.3, 0.4) is 0 Å². The van der Waals surface area contributed by atoms with Crippen LogP contribution >= 0.6 is 24.0 Å². The summed E-state index contributed by atoms with van der Waals surface area (Å²) in [5, 5.41) is 6.81. The molecule has 29 heavy (non-hydrogen) atoms. The summed E-state index contributed by atoms with van der Waals surface area (Å²) in [5.74, 6) is 1.56. The number of aliphatic imine (C=N–C) groups is 1. The van der Waals surface area contributed by atoms with Crippen LogP contribution in [0.2, 0.25) is 0 Å². The predicted molar refractivity (Wildman–Crippen MR) is 129 cm³/mol. The largest absolute Gasteiger partial charge is 0.381 e. The Morgan fingerprint density at radius 1 is 1.17 bits per heavy atom. The Bertz CT molecular complexity index is 608. The number of benzene rings is 1. The molecule has 7 heteroatoms. The minimum Gasteiger partial charge on any atom is -0.381 e. The van der Waals surface area contributed by atoms with Crippen LogP contribution in [0.25, 0.3) is 0 Å². The fourth-order valence-electron chi connectivity index (χ4n) is 3.84. The first-order valence-corrected chi connectivity index (χ1v) is 10.7. The maximum Gasteiger partial charge on any atom is 0.191 e. The van der Waals surface area contributed by atoms with Gasteiger partial charge in [-0.15, -0.1) is 24.0 Å². The summed E-state index contributed by atoms with van der Waals surface area (Å²) in [6, 6.07) is 8.78. The van der Waals surface area contributed by atoms with E-state index in [1.165, 1.54) is 11.1 Å². The van der Waals surface area contributed by atoms with Gasteiger partial charge >= 0.3 is 0 Å². The number of nitrogens with zero attached hydrogens (tertiary/aromatic N) is 2. The van der Waals surface area contributed by atoms with E-state index in [0.717, 1.165) is 90.8 Å². The fourth-order valence-corrected chi connectivity index (χ4v) is 3.84. The van der Waals surface area contributed by atoms with Gasteiger partial charge in [0.1, 0.15) is 0 Å². The van der Waals surface area contributed by atoms with Gasteiger partial charge in [-0.2, -0.15) is 0 Å². The van der Waals surface area contributed by atoms with Gasteiger partial charge in [0.2, 0.25) is 0 Å². The first kappa shape index (κ1) is 24.4. The molecule has 164 valence electrons. The van der Waals surface area contributed by atoms with Gasteiger partial charge in [0.25, 0.3) is 0 Å². The van der Waals surface area contributed by atoms with Crippen molar-refractivity contribution in [3.63, 3.8) is 0 Å². The number of hydrogen-bond acceptors (Lipinski definition) is 4. The summed E-state index contributed by atoms with van der Waals surface area (Å²) < 4.78 is 11.2. The predicted octanol–water partition coefficient (Wildman–Crippen LogP) is 2.66. The molecule has 0 unspecified atom stereocenters. The molecule has 0 saturated carbocycles. The van der Waals surface area contributed by atoms with Crippen LogP contribution in [0.4, 0.5) is 0 Å². The summed E-state index contributed by atoms with van der Waals surface area (Å²) in [7, 11) is 1.83. The summed E-state index contributed by atoms with van der Waals surface area (Å²) in [4.78, 5) is 6.83. The van der Waals surface area contributed by atoms with Gasteiger partial charge < -0.3 is 20.1 Å². The molecule has 0 atom stereocenters. The fraction of sp³-hybridized carbons (Fsp3) is 0.682. The van der Waals surface area contributed by atoms with Crippen molar-refractivity contribution in [2.75, 3.05) is 59.7 Å². The molecule has 0 aromatic heterocycles. The van der Waals surface area contributed by atoms with Crippen LogP contribution in [-0.2, 0) is 22.4 Å². The second-order valence-electron chi connectivity index (χ2n) is 7.70. The lowest BCUT2D eigenvalue weighted by Gasteiger charge is -2.28. The van der Waals surface area contributed by atoms with Crippen molar-refractivity contribution in [3.8, 4) is 0 Å². The van der Waals surface area contributed by atoms with E-state index in [2.05, 4.69) is 44.8 Å². The second kappa shape index (κ2) is 14.2. The van der Waals surface area contributed by atoms with E-state index in [1.54, 1.807) is 0 Å². The van der Waals surface area contributed by atoms with E-state index in [9.17, 15) is 0 Å². The summed E-state index contributed by atoms with van der Waals surface area (Å²) >= 11 is 0. The van der Waals surface area contributed by atoms with Crippen molar-refractivity contribution < 1.29 is 9.47 Å². The van der Waals surface area contributed by atoms with Crippen molar-refractivity contribution >= 4 is 29.9 Å². The molecular formula is C22H37IN4O2. The van der Waals surface area contributed by atoms with Gasteiger partial charge in [-0.05, 0) is 42.7 Å². The third kappa shape index (κ3) is 8.78. The molecule has 2 aliphatic heterocycles. The van der Waals surface area contributed by atoms with Crippen LogP contribution < -0.4 is 10.6 Å². The van der Waals surface area contributed by atoms with Gasteiger partial charge in [-0.3, -0.25) is 9.89 Å². The van der Waals surface area contributed by atoms with Gasteiger partial charge in [-0.25, -0.2) is 0 Å². The lowest BCUT2D eigenvalue weighted by molar-refractivity contribution is 0.0203. The number of rotatable bonds is 9. The minimum absolute atomic E-state index is 0. The van der Waals surface area contributed by atoms with Crippen LogP contribution in [0.5, 0.6) is 0 Å². The average molecular weight is 516 g/mol. The normalized spacial score (nSPS) is 18.0.